The molecule has 3 rings (SSSR count). The summed E-state index contributed by atoms with van der Waals surface area (Å²) in [5, 5.41) is 2.87. The Morgan fingerprint density at radius 3 is 2.52 bits per heavy atom. The standard InChI is InChI=1S/C23H30N2O7S/c1-17(16-32-20-8-5-4-7-19(20)29-2)24-23(26)9-6-12-25(33(3,27)28)18-10-11-21-22(15-18)31-14-13-30-21/h4-5,7-8,10-11,15,17H,6,9,12-14,16H2,1-3H3,(H,24,26)/t17-/m1/s1. The Morgan fingerprint density at radius 1 is 1.12 bits per heavy atom. The maximum Gasteiger partial charge on any atom is 0.232 e. The topological polar surface area (TPSA) is 103 Å². The predicted octanol–water partition coefficient (Wildman–Crippen LogP) is 2.60. The molecule has 10 heteroatoms. The molecule has 0 fully saturated rings. The first-order valence-electron chi connectivity index (χ1n) is 10.7. The molecule has 0 saturated heterocycles. The number of nitrogens with zero attached hydrogens (tertiary/aromatic N) is 1. The zero-order valence-electron chi connectivity index (χ0n) is 19.1. The summed E-state index contributed by atoms with van der Waals surface area (Å²) in [6.07, 6.45) is 1.67. The summed E-state index contributed by atoms with van der Waals surface area (Å²) in [5.74, 6) is 2.14. The van der Waals surface area contributed by atoms with Gasteiger partial charge in [0, 0.05) is 19.0 Å². The molecule has 0 radical (unpaired) electrons. The lowest BCUT2D eigenvalue weighted by molar-refractivity contribution is -0.121. The third-order valence-electron chi connectivity index (χ3n) is 4.94. The lowest BCUT2D eigenvalue weighted by Crippen LogP contribution is -2.37. The lowest BCUT2D eigenvalue weighted by Gasteiger charge is -2.25. The molecule has 1 heterocycles. The highest BCUT2D eigenvalue weighted by atomic mass is 32.2. The third kappa shape index (κ3) is 6.92. The van der Waals surface area contributed by atoms with Gasteiger partial charge >= 0.3 is 0 Å². The molecule has 1 atom stereocenters. The van der Waals surface area contributed by atoms with Gasteiger partial charge in [-0.2, -0.15) is 0 Å². The normalized spacial score (nSPS) is 13.7. The van der Waals surface area contributed by atoms with Crippen molar-refractivity contribution < 1.29 is 32.2 Å². The summed E-state index contributed by atoms with van der Waals surface area (Å²) in [6.45, 7) is 3.15. The molecule has 1 N–H and O–H groups in total. The first-order chi connectivity index (χ1) is 15.8. The molecule has 0 unspecified atom stereocenters. The van der Waals surface area contributed by atoms with Gasteiger partial charge in [-0.05, 0) is 37.6 Å². The van der Waals surface area contributed by atoms with Gasteiger partial charge in [-0.15, -0.1) is 0 Å². The Kier molecular flexibility index (Phi) is 8.26. The molecule has 0 spiro atoms. The molecule has 2 aromatic rings. The highest BCUT2D eigenvalue weighted by Gasteiger charge is 2.21. The van der Waals surface area contributed by atoms with Gasteiger partial charge in [-0.25, -0.2) is 8.42 Å². The van der Waals surface area contributed by atoms with Crippen molar-refractivity contribution in [2.45, 2.75) is 25.8 Å². The number of hydrogen-bond donors (Lipinski definition) is 1. The van der Waals surface area contributed by atoms with Gasteiger partial charge in [-0.1, -0.05) is 12.1 Å². The SMILES string of the molecule is COc1ccccc1OC[C@@H](C)NC(=O)CCCN(c1ccc2c(c1)OCCO2)S(C)(=O)=O. The van der Waals surface area contributed by atoms with Gasteiger partial charge in [0.05, 0.1) is 25.1 Å². The number of carbonyl (C=O) groups is 1. The first-order valence-corrected chi connectivity index (χ1v) is 12.6. The van der Waals surface area contributed by atoms with E-state index in [1.807, 2.05) is 19.1 Å². The number of para-hydroxylation sites is 2. The molecule has 1 aliphatic rings. The number of nitrogens with one attached hydrogen (secondary N) is 1. The van der Waals surface area contributed by atoms with Gasteiger partial charge in [0.2, 0.25) is 15.9 Å². The molecule has 0 aromatic heterocycles. The zero-order chi connectivity index (χ0) is 23.8. The summed E-state index contributed by atoms with van der Waals surface area (Å²) in [4.78, 5) is 12.4. The van der Waals surface area contributed by atoms with Crippen molar-refractivity contribution in [3.63, 3.8) is 0 Å². The summed E-state index contributed by atoms with van der Waals surface area (Å²) in [7, 11) is -1.97. The van der Waals surface area contributed by atoms with E-state index in [0.29, 0.717) is 48.3 Å². The van der Waals surface area contributed by atoms with Crippen molar-refractivity contribution in [1.29, 1.82) is 0 Å². The van der Waals surface area contributed by atoms with Crippen LogP contribution in [0.3, 0.4) is 0 Å². The van der Waals surface area contributed by atoms with E-state index in [1.165, 1.54) is 4.31 Å². The Morgan fingerprint density at radius 2 is 1.82 bits per heavy atom. The molecule has 2 aromatic carbocycles. The van der Waals surface area contributed by atoms with Crippen molar-refractivity contribution in [1.82, 2.24) is 5.32 Å². The van der Waals surface area contributed by atoms with Gasteiger partial charge in [-0.3, -0.25) is 9.10 Å². The van der Waals surface area contributed by atoms with E-state index in [4.69, 9.17) is 18.9 Å². The van der Waals surface area contributed by atoms with Crippen molar-refractivity contribution in [2.24, 2.45) is 0 Å². The Labute approximate surface area is 194 Å². The minimum Gasteiger partial charge on any atom is -0.493 e. The highest BCUT2D eigenvalue weighted by molar-refractivity contribution is 7.92. The van der Waals surface area contributed by atoms with Crippen LogP contribution in [0.25, 0.3) is 0 Å². The number of ether oxygens (including phenoxy) is 4. The number of benzene rings is 2. The average Bonchev–Trinajstić information content (AvgIpc) is 2.79. The minimum absolute atomic E-state index is 0.165. The first kappa shape index (κ1) is 24.5. The number of carbonyl (C=O) groups excluding carboxylic acids is 1. The van der Waals surface area contributed by atoms with E-state index < -0.39 is 10.0 Å². The zero-order valence-corrected chi connectivity index (χ0v) is 19.9. The van der Waals surface area contributed by atoms with Crippen LogP contribution in [0.1, 0.15) is 19.8 Å². The van der Waals surface area contributed by atoms with Gasteiger partial charge < -0.3 is 24.3 Å². The number of sulfonamides is 1. The van der Waals surface area contributed by atoms with Crippen molar-refractivity contribution >= 4 is 21.6 Å². The van der Waals surface area contributed by atoms with Gasteiger partial charge in [0.1, 0.15) is 19.8 Å². The molecule has 33 heavy (non-hydrogen) atoms. The van der Waals surface area contributed by atoms with Crippen molar-refractivity contribution in [3.05, 3.63) is 42.5 Å². The molecule has 0 aliphatic carbocycles. The van der Waals surface area contributed by atoms with Gasteiger partial charge in [0.15, 0.2) is 23.0 Å². The quantitative estimate of drug-likeness (QED) is 0.529. The summed E-state index contributed by atoms with van der Waals surface area (Å²) in [5.41, 5.74) is 0.473. The fraction of sp³-hybridized carbons (Fsp3) is 0.435. The number of methoxy groups -OCH3 is 1. The lowest BCUT2D eigenvalue weighted by atomic mass is 10.2. The van der Waals surface area contributed by atoms with Crippen LogP contribution in [0.2, 0.25) is 0 Å². The Balaban J connectivity index is 1.50. The molecular formula is C23H30N2O7S. The molecule has 0 saturated carbocycles. The average molecular weight is 479 g/mol. The van der Waals surface area contributed by atoms with Crippen LogP contribution in [0.4, 0.5) is 5.69 Å². The second-order valence-corrected chi connectivity index (χ2v) is 9.60. The van der Waals surface area contributed by atoms with E-state index in [2.05, 4.69) is 5.32 Å². The number of hydrogen-bond acceptors (Lipinski definition) is 7. The van der Waals surface area contributed by atoms with Crippen molar-refractivity contribution in [3.8, 4) is 23.0 Å². The molecular weight excluding hydrogens is 448 g/mol. The van der Waals surface area contributed by atoms with E-state index in [-0.39, 0.29) is 31.5 Å². The van der Waals surface area contributed by atoms with Crippen LogP contribution in [0, 0.1) is 0 Å². The molecule has 1 amide bonds. The summed E-state index contributed by atoms with van der Waals surface area (Å²) in [6, 6.07) is 12.1. The van der Waals surface area contributed by atoms with Gasteiger partial charge in [0.25, 0.3) is 0 Å². The molecule has 1 aliphatic heterocycles. The maximum atomic E-state index is 12.4. The summed E-state index contributed by atoms with van der Waals surface area (Å²) >= 11 is 0. The van der Waals surface area contributed by atoms with Crippen LogP contribution in [-0.2, 0) is 14.8 Å². The van der Waals surface area contributed by atoms with Crippen LogP contribution in [0.5, 0.6) is 23.0 Å². The van der Waals surface area contributed by atoms with E-state index in [1.54, 1.807) is 37.4 Å². The Bertz CT molecular complexity index is 1060. The number of rotatable bonds is 11. The monoisotopic (exact) mass is 478 g/mol. The minimum atomic E-state index is -3.54. The van der Waals surface area contributed by atoms with E-state index in [0.717, 1.165) is 6.26 Å². The van der Waals surface area contributed by atoms with Crippen LogP contribution in [0.15, 0.2) is 42.5 Å². The van der Waals surface area contributed by atoms with E-state index in [9.17, 15) is 13.2 Å². The molecule has 0 bridgehead atoms. The highest BCUT2D eigenvalue weighted by Crippen LogP contribution is 2.34. The van der Waals surface area contributed by atoms with Crippen LogP contribution in [-0.4, -0.2) is 60.1 Å². The van der Waals surface area contributed by atoms with Crippen LogP contribution >= 0.6 is 0 Å². The summed E-state index contributed by atoms with van der Waals surface area (Å²) < 4.78 is 48.0. The Hall–Kier alpha value is -3.14. The molecule has 9 nitrogen and oxygen atoms in total. The number of anilines is 1. The van der Waals surface area contributed by atoms with E-state index >= 15 is 0 Å². The van der Waals surface area contributed by atoms with Crippen molar-refractivity contribution in [2.75, 3.05) is 44.0 Å². The number of amides is 1. The second kappa shape index (κ2) is 11.1. The second-order valence-electron chi connectivity index (χ2n) is 7.70. The smallest absolute Gasteiger partial charge is 0.232 e. The largest absolute Gasteiger partial charge is 0.493 e. The fourth-order valence-corrected chi connectivity index (χ4v) is 4.36. The van der Waals surface area contributed by atoms with Crippen LogP contribution < -0.4 is 28.6 Å². The maximum absolute atomic E-state index is 12.4. The fourth-order valence-electron chi connectivity index (χ4n) is 3.40. The molecule has 180 valence electrons. The predicted molar refractivity (Wildman–Crippen MR) is 125 cm³/mol. The third-order valence-corrected chi connectivity index (χ3v) is 6.14. The number of fused-ring (bicyclic) bond motifs is 1.